The quantitative estimate of drug-likeness (QED) is 0.838. The van der Waals surface area contributed by atoms with Gasteiger partial charge in [-0.3, -0.25) is 0 Å². The second-order valence-electron chi connectivity index (χ2n) is 5.14. The van der Waals surface area contributed by atoms with Crippen molar-refractivity contribution in [1.82, 2.24) is 0 Å². The van der Waals surface area contributed by atoms with Gasteiger partial charge in [-0.2, -0.15) is 0 Å². The number of phenolic OH excluding ortho intramolecular Hbond substituents is 1. The molecule has 1 aliphatic rings. The van der Waals surface area contributed by atoms with Crippen molar-refractivity contribution in [2.24, 2.45) is 0 Å². The number of rotatable bonds is 1. The number of hydrogen-bond acceptors (Lipinski definition) is 3. The molecule has 1 unspecified atom stereocenters. The van der Waals surface area contributed by atoms with Crippen molar-refractivity contribution in [1.29, 1.82) is 0 Å². The van der Waals surface area contributed by atoms with Crippen LogP contribution in [0.3, 0.4) is 0 Å². The summed E-state index contributed by atoms with van der Waals surface area (Å²) >= 11 is 0. The Balaban J connectivity index is 1.96. The van der Waals surface area contributed by atoms with Gasteiger partial charge in [-0.15, -0.1) is 0 Å². The fourth-order valence-corrected chi connectivity index (χ4v) is 2.55. The van der Waals surface area contributed by atoms with Gasteiger partial charge in [-0.1, -0.05) is 11.6 Å². The van der Waals surface area contributed by atoms with Crippen LogP contribution in [0.25, 0.3) is 0 Å². The highest BCUT2D eigenvalue weighted by molar-refractivity contribution is 5.41. The molecule has 0 saturated heterocycles. The third-order valence-electron chi connectivity index (χ3n) is 3.51. The van der Waals surface area contributed by atoms with Crippen LogP contribution in [-0.4, -0.2) is 10.2 Å². The summed E-state index contributed by atoms with van der Waals surface area (Å²) < 4.78 is 19.2. The summed E-state index contributed by atoms with van der Waals surface area (Å²) in [5, 5.41) is 19.7. The normalized spacial score (nSPS) is 21.1. The zero-order valence-corrected chi connectivity index (χ0v) is 11.0. The lowest BCUT2D eigenvalue weighted by atomic mass is 9.94. The van der Waals surface area contributed by atoms with Crippen molar-refractivity contribution in [2.75, 3.05) is 0 Å². The molecule has 2 aromatic carbocycles. The fourth-order valence-electron chi connectivity index (χ4n) is 2.55. The smallest absolute Gasteiger partial charge is 0.127 e. The molecule has 104 valence electrons. The van der Waals surface area contributed by atoms with Crippen molar-refractivity contribution in [3.8, 4) is 11.5 Å². The van der Waals surface area contributed by atoms with Crippen molar-refractivity contribution in [3.05, 3.63) is 58.9 Å². The number of aryl methyl sites for hydroxylation is 1. The maximum absolute atomic E-state index is 13.4. The maximum Gasteiger partial charge on any atom is 0.127 e. The summed E-state index contributed by atoms with van der Waals surface area (Å²) in [5.74, 6) is -0.0660. The predicted octanol–water partition coefficient (Wildman–Crippen LogP) is 3.40. The molecule has 3 nitrogen and oxygen atoms in total. The van der Waals surface area contributed by atoms with Gasteiger partial charge in [-0.05, 0) is 36.8 Å². The molecule has 0 aromatic heterocycles. The summed E-state index contributed by atoms with van der Waals surface area (Å²) in [6, 6.07) is 9.41. The highest BCUT2D eigenvalue weighted by atomic mass is 19.1. The molecular formula is C16H15FO3. The summed E-state index contributed by atoms with van der Waals surface area (Å²) in [5.41, 5.74) is 2.32. The second kappa shape index (κ2) is 4.80. The number of ether oxygens (including phenoxy) is 1. The minimum absolute atomic E-state index is 0.146. The Kier molecular flexibility index (Phi) is 3.10. The van der Waals surface area contributed by atoms with Gasteiger partial charge in [0.15, 0.2) is 0 Å². The standard InChI is InChI=1S/C16H15FO3/c1-9-2-3-15-13(4-9)14(19)8-16(20-15)10-5-11(17)7-12(18)6-10/h2-7,14,16,18-19H,8H2,1H3/t14-,16?/m0/s1. The monoisotopic (exact) mass is 274 g/mol. The topological polar surface area (TPSA) is 49.7 Å². The van der Waals surface area contributed by atoms with Crippen LogP contribution in [0.4, 0.5) is 4.39 Å². The Hall–Kier alpha value is -2.07. The zero-order valence-electron chi connectivity index (χ0n) is 11.0. The molecule has 0 saturated carbocycles. The van der Waals surface area contributed by atoms with Gasteiger partial charge in [0.2, 0.25) is 0 Å². The van der Waals surface area contributed by atoms with Crippen LogP contribution in [0.1, 0.15) is 35.3 Å². The van der Waals surface area contributed by atoms with Crippen LogP contribution in [0.2, 0.25) is 0 Å². The molecule has 2 aromatic rings. The Bertz CT molecular complexity index is 634. The third-order valence-corrected chi connectivity index (χ3v) is 3.51. The first-order chi connectivity index (χ1) is 9.52. The fraction of sp³-hybridized carbons (Fsp3) is 0.250. The lowest BCUT2D eigenvalue weighted by Crippen LogP contribution is -2.19. The van der Waals surface area contributed by atoms with Crippen molar-refractivity contribution < 1.29 is 19.3 Å². The molecule has 0 radical (unpaired) electrons. The largest absolute Gasteiger partial charge is 0.508 e. The number of aromatic hydroxyl groups is 1. The minimum Gasteiger partial charge on any atom is -0.508 e. The molecule has 20 heavy (non-hydrogen) atoms. The Morgan fingerprint density at radius 2 is 2.00 bits per heavy atom. The number of phenols is 1. The minimum atomic E-state index is -0.658. The van der Waals surface area contributed by atoms with Gasteiger partial charge in [0.25, 0.3) is 0 Å². The molecule has 2 N–H and O–H groups in total. The highest BCUT2D eigenvalue weighted by Crippen LogP contribution is 2.41. The van der Waals surface area contributed by atoms with E-state index in [9.17, 15) is 14.6 Å². The van der Waals surface area contributed by atoms with Crippen LogP contribution < -0.4 is 4.74 Å². The van der Waals surface area contributed by atoms with E-state index in [0.29, 0.717) is 17.7 Å². The van der Waals surface area contributed by atoms with Crippen LogP contribution in [0, 0.1) is 12.7 Å². The number of halogens is 1. The number of benzene rings is 2. The van der Waals surface area contributed by atoms with E-state index in [4.69, 9.17) is 4.74 Å². The average Bonchev–Trinajstić information content (AvgIpc) is 2.38. The second-order valence-corrected chi connectivity index (χ2v) is 5.14. The molecule has 1 aliphatic heterocycles. The number of aliphatic hydroxyl groups is 1. The molecule has 1 heterocycles. The van der Waals surface area contributed by atoms with E-state index in [1.54, 1.807) is 6.07 Å². The van der Waals surface area contributed by atoms with Crippen molar-refractivity contribution in [2.45, 2.75) is 25.6 Å². The van der Waals surface area contributed by atoms with E-state index in [-0.39, 0.29) is 5.75 Å². The highest BCUT2D eigenvalue weighted by Gasteiger charge is 2.28. The predicted molar refractivity (Wildman–Crippen MR) is 72.2 cm³/mol. The van der Waals surface area contributed by atoms with Crippen LogP contribution in [0.15, 0.2) is 36.4 Å². The first-order valence-corrected chi connectivity index (χ1v) is 6.47. The van der Waals surface area contributed by atoms with E-state index in [0.717, 1.165) is 17.2 Å². The lowest BCUT2D eigenvalue weighted by Gasteiger charge is -2.30. The summed E-state index contributed by atoms with van der Waals surface area (Å²) in [6.45, 7) is 1.95. The molecule has 4 heteroatoms. The first-order valence-electron chi connectivity index (χ1n) is 6.47. The van der Waals surface area contributed by atoms with Crippen LogP contribution in [0.5, 0.6) is 11.5 Å². The summed E-state index contributed by atoms with van der Waals surface area (Å²) in [7, 11) is 0. The Morgan fingerprint density at radius 1 is 1.20 bits per heavy atom. The number of fused-ring (bicyclic) bond motifs is 1. The number of aliphatic hydroxyl groups excluding tert-OH is 1. The summed E-state index contributed by atoms with van der Waals surface area (Å²) in [4.78, 5) is 0. The molecular weight excluding hydrogens is 259 g/mol. The van der Waals surface area contributed by atoms with Crippen LogP contribution in [-0.2, 0) is 0 Å². The van der Waals surface area contributed by atoms with E-state index < -0.39 is 18.0 Å². The zero-order chi connectivity index (χ0) is 14.3. The van der Waals surface area contributed by atoms with Gasteiger partial charge < -0.3 is 14.9 Å². The lowest BCUT2D eigenvalue weighted by molar-refractivity contribution is 0.0654. The Morgan fingerprint density at radius 3 is 2.75 bits per heavy atom. The average molecular weight is 274 g/mol. The SMILES string of the molecule is Cc1ccc2c(c1)[C@@H](O)CC(c1cc(O)cc(F)c1)O2. The molecule has 0 fully saturated rings. The van der Waals surface area contributed by atoms with E-state index in [1.807, 2.05) is 19.1 Å². The van der Waals surface area contributed by atoms with Gasteiger partial charge in [0.05, 0.1) is 6.10 Å². The van der Waals surface area contributed by atoms with Crippen molar-refractivity contribution in [3.63, 3.8) is 0 Å². The van der Waals surface area contributed by atoms with E-state index in [2.05, 4.69) is 0 Å². The van der Waals surface area contributed by atoms with Gasteiger partial charge in [0.1, 0.15) is 23.4 Å². The first kappa shape index (κ1) is 12.9. The Labute approximate surface area is 116 Å². The molecule has 0 bridgehead atoms. The third kappa shape index (κ3) is 2.34. The summed E-state index contributed by atoms with van der Waals surface area (Å²) in [6.07, 6.45) is -0.796. The molecule has 3 rings (SSSR count). The van der Waals surface area contributed by atoms with E-state index >= 15 is 0 Å². The van der Waals surface area contributed by atoms with Gasteiger partial charge in [0, 0.05) is 18.1 Å². The maximum atomic E-state index is 13.4. The van der Waals surface area contributed by atoms with Crippen LogP contribution >= 0.6 is 0 Å². The van der Waals surface area contributed by atoms with Crippen molar-refractivity contribution >= 4 is 0 Å². The molecule has 0 spiro atoms. The van der Waals surface area contributed by atoms with Gasteiger partial charge >= 0.3 is 0 Å². The van der Waals surface area contributed by atoms with E-state index in [1.165, 1.54) is 12.1 Å². The molecule has 0 amide bonds. The number of hydrogen-bond donors (Lipinski definition) is 2. The van der Waals surface area contributed by atoms with Gasteiger partial charge in [-0.25, -0.2) is 4.39 Å². The molecule has 0 aliphatic carbocycles. The molecule has 2 atom stereocenters.